The molecule has 0 radical (unpaired) electrons. The van der Waals surface area contributed by atoms with E-state index < -0.39 is 16.6 Å². The molecule has 0 bridgehead atoms. The number of rotatable bonds is 10. The van der Waals surface area contributed by atoms with Crippen molar-refractivity contribution in [1.29, 1.82) is 0 Å². The van der Waals surface area contributed by atoms with Gasteiger partial charge in [0.25, 0.3) is 0 Å². The molecule has 14 heteroatoms. The van der Waals surface area contributed by atoms with Gasteiger partial charge in [-0.15, -0.1) is 0 Å². The number of hydrogen-bond donors (Lipinski definition) is 1. The monoisotopic (exact) mass is 630 g/mol. The maximum atomic E-state index is 14.3. The number of aliphatic imine (C=N–C) groups is 1. The molecule has 11 nitrogen and oxygen atoms in total. The summed E-state index contributed by atoms with van der Waals surface area (Å²) in [6.45, 7) is 4.23. The number of hydrogen-bond acceptors (Lipinski definition) is 7. The maximum absolute atomic E-state index is 14.3. The zero-order valence-corrected chi connectivity index (χ0v) is 25.3. The van der Waals surface area contributed by atoms with Crippen LogP contribution in [0.15, 0.2) is 59.6 Å². The summed E-state index contributed by atoms with van der Waals surface area (Å²) in [5, 5.41) is 14.4. The highest BCUT2D eigenvalue weighted by Crippen LogP contribution is 2.33. The molecule has 3 aromatic carbocycles. The second-order valence-corrected chi connectivity index (χ2v) is 10.4. The van der Waals surface area contributed by atoms with E-state index in [0.29, 0.717) is 50.1 Å². The van der Waals surface area contributed by atoms with Gasteiger partial charge >= 0.3 is 5.69 Å². The van der Waals surface area contributed by atoms with Crippen LogP contribution in [0.4, 0.5) is 20.2 Å². The van der Waals surface area contributed by atoms with Crippen LogP contribution in [-0.2, 0) is 11.3 Å². The lowest BCUT2D eigenvalue weighted by Gasteiger charge is -2.38. The van der Waals surface area contributed by atoms with Gasteiger partial charge in [0.1, 0.15) is 23.1 Å². The second kappa shape index (κ2) is 14.7. The molecule has 1 aliphatic heterocycles. The Bertz CT molecular complexity index is 1530. The first kappa shape index (κ1) is 32.3. The molecule has 1 fully saturated rings. The summed E-state index contributed by atoms with van der Waals surface area (Å²) in [5.41, 5.74) is 1.12. The number of likely N-dealkylation sites (N-methyl/N-ethyl adjacent to an activating group) is 1. The van der Waals surface area contributed by atoms with Crippen molar-refractivity contribution < 1.29 is 28.0 Å². The highest BCUT2D eigenvalue weighted by atomic mass is 35.5. The van der Waals surface area contributed by atoms with E-state index >= 15 is 0 Å². The molecule has 0 unspecified atom stereocenters. The van der Waals surface area contributed by atoms with E-state index in [2.05, 4.69) is 10.2 Å². The van der Waals surface area contributed by atoms with Crippen molar-refractivity contribution in [2.45, 2.75) is 13.5 Å². The van der Waals surface area contributed by atoms with Crippen LogP contribution in [0.2, 0.25) is 5.02 Å². The summed E-state index contributed by atoms with van der Waals surface area (Å²) in [4.78, 5) is 33.5. The van der Waals surface area contributed by atoms with Gasteiger partial charge in [0.15, 0.2) is 11.7 Å². The predicted molar refractivity (Wildman–Crippen MR) is 164 cm³/mol. The number of nitro benzene ring substituents is 1. The van der Waals surface area contributed by atoms with E-state index in [1.807, 2.05) is 4.90 Å². The van der Waals surface area contributed by atoms with Gasteiger partial charge in [0.2, 0.25) is 5.91 Å². The average Bonchev–Trinajstić information content (AvgIpc) is 3.00. The van der Waals surface area contributed by atoms with E-state index in [1.54, 1.807) is 33.2 Å². The molecule has 1 N–H and O–H groups in total. The van der Waals surface area contributed by atoms with Crippen molar-refractivity contribution >= 4 is 34.8 Å². The molecule has 1 saturated heterocycles. The van der Waals surface area contributed by atoms with Crippen LogP contribution in [0.1, 0.15) is 12.5 Å². The molecule has 1 amide bonds. The van der Waals surface area contributed by atoms with Crippen molar-refractivity contribution in [2.75, 3.05) is 58.3 Å². The van der Waals surface area contributed by atoms with Crippen LogP contribution in [-0.4, -0.2) is 80.0 Å². The van der Waals surface area contributed by atoms with Crippen molar-refractivity contribution in [3.63, 3.8) is 0 Å². The normalized spacial score (nSPS) is 13.5. The second-order valence-electron chi connectivity index (χ2n) is 10.0. The SMILES string of the molecule is CCOc1cc(N2CCN(C(=NCc3cc(F)ccc3Oc3ccc(F)c(Cl)c3)NCC(=O)N(C)C)CC2)ccc1[N+](=O)[O-]. The fourth-order valence-electron chi connectivity index (χ4n) is 4.48. The number of carbonyl (C=O) groups excluding carboxylic acids is 1. The van der Waals surface area contributed by atoms with Gasteiger partial charge in [-0.25, -0.2) is 13.8 Å². The number of benzene rings is 3. The molecule has 0 aromatic heterocycles. The maximum Gasteiger partial charge on any atom is 0.311 e. The molecule has 0 aliphatic carbocycles. The van der Waals surface area contributed by atoms with Crippen LogP contribution in [0.5, 0.6) is 17.2 Å². The Balaban J connectivity index is 1.53. The largest absolute Gasteiger partial charge is 0.487 e. The van der Waals surface area contributed by atoms with Gasteiger partial charge in [-0.1, -0.05) is 11.6 Å². The minimum atomic E-state index is -0.589. The summed E-state index contributed by atoms with van der Waals surface area (Å²) in [7, 11) is 3.30. The van der Waals surface area contributed by atoms with E-state index in [0.717, 1.165) is 5.69 Å². The number of carbonyl (C=O) groups is 1. The Hall–Kier alpha value is -4.65. The van der Waals surface area contributed by atoms with Gasteiger partial charge in [0.05, 0.1) is 29.6 Å². The van der Waals surface area contributed by atoms with Crippen LogP contribution < -0.4 is 19.7 Å². The molecule has 0 saturated carbocycles. The van der Waals surface area contributed by atoms with Crippen molar-refractivity contribution in [3.05, 3.63) is 86.9 Å². The Morgan fingerprint density at radius 2 is 1.82 bits per heavy atom. The third-order valence-electron chi connectivity index (χ3n) is 6.82. The molecule has 3 aromatic rings. The summed E-state index contributed by atoms with van der Waals surface area (Å²) in [5.74, 6) is 0.00826. The number of nitrogens with zero attached hydrogens (tertiary/aromatic N) is 5. The first-order valence-electron chi connectivity index (χ1n) is 13.9. The van der Waals surface area contributed by atoms with Crippen LogP contribution in [0.3, 0.4) is 0 Å². The standard InChI is InChI=1S/C30H33ClF2N6O5/c1-4-43-28-16-22(6-9-26(28)39(41)42)37-11-13-38(14-12-37)30(35-19-29(40)36(2)3)34-18-20-15-21(32)5-10-27(20)44-23-7-8-25(33)24(31)17-23/h5-10,15-17H,4,11-14,18-19H2,1-3H3,(H,34,35). The van der Waals surface area contributed by atoms with Gasteiger partial charge in [-0.3, -0.25) is 14.9 Å². The van der Waals surface area contributed by atoms with Gasteiger partial charge in [0, 0.05) is 69.7 Å². The third kappa shape index (κ3) is 8.25. The summed E-state index contributed by atoms with van der Waals surface area (Å²) >= 11 is 5.89. The van der Waals surface area contributed by atoms with E-state index in [-0.39, 0.29) is 41.2 Å². The van der Waals surface area contributed by atoms with Crippen LogP contribution in [0.25, 0.3) is 0 Å². The first-order valence-corrected chi connectivity index (χ1v) is 14.2. The fourth-order valence-corrected chi connectivity index (χ4v) is 4.65. The number of guanidine groups is 1. The smallest absolute Gasteiger partial charge is 0.311 e. The van der Waals surface area contributed by atoms with Crippen LogP contribution in [0, 0.1) is 21.7 Å². The Morgan fingerprint density at radius 1 is 1.07 bits per heavy atom. The Morgan fingerprint density at radius 3 is 2.48 bits per heavy atom. The zero-order valence-electron chi connectivity index (χ0n) is 24.6. The molecule has 4 rings (SSSR count). The fraction of sp³-hybridized carbons (Fsp3) is 0.333. The lowest BCUT2D eigenvalue weighted by Crippen LogP contribution is -2.53. The molecular weight excluding hydrogens is 598 g/mol. The Labute approximate surface area is 258 Å². The summed E-state index contributed by atoms with van der Waals surface area (Å²) in [6, 6.07) is 12.7. The van der Waals surface area contributed by atoms with Gasteiger partial charge < -0.3 is 29.5 Å². The predicted octanol–water partition coefficient (Wildman–Crippen LogP) is 5.07. The summed E-state index contributed by atoms with van der Waals surface area (Å²) < 4.78 is 39.3. The van der Waals surface area contributed by atoms with Crippen LogP contribution >= 0.6 is 11.6 Å². The molecule has 0 spiro atoms. The Kier molecular flexibility index (Phi) is 10.8. The molecule has 234 valence electrons. The average molecular weight is 631 g/mol. The number of amides is 1. The van der Waals surface area contributed by atoms with Crippen molar-refractivity contribution in [2.24, 2.45) is 4.99 Å². The summed E-state index contributed by atoms with van der Waals surface area (Å²) in [6.07, 6.45) is 0. The topological polar surface area (TPSA) is 113 Å². The van der Waals surface area contributed by atoms with Gasteiger partial charge in [-0.05, 0) is 43.3 Å². The number of ether oxygens (including phenoxy) is 2. The lowest BCUT2D eigenvalue weighted by molar-refractivity contribution is -0.385. The number of anilines is 1. The number of nitro groups is 1. The lowest BCUT2D eigenvalue weighted by atomic mass is 10.2. The van der Waals surface area contributed by atoms with Crippen molar-refractivity contribution in [3.8, 4) is 17.2 Å². The third-order valence-corrected chi connectivity index (χ3v) is 7.11. The minimum Gasteiger partial charge on any atom is -0.487 e. The molecule has 1 aliphatic rings. The molecule has 0 atom stereocenters. The first-order chi connectivity index (χ1) is 21.0. The highest BCUT2D eigenvalue weighted by Gasteiger charge is 2.24. The number of piperazine rings is 1. The van der Waals surface area contributed by atoms with Crippen molar-refractivity contribution in [1.82, 2.24) is 15.1 Å². The quantitative estimate of drug-likeness (QED) is 0.143. The molecule has 1 heterocycles. The number of nitrogens with one attached hydrogen (secondary N) is 1. The zero-order chi connectivity index (χ0) is 31.8. The van der Waals surface area contributed by atoms with Gasteiger partial charge in [-0.2, -0.15) is 0 Å². The minimum absolute atomic E-state index is 0.00724. The molecule has 44 heavy (non-hydrogen) atoms. The van der Waals surface area contributed by atoms with E-state index in [4.69, 9.17) is 26.1 Å². The highest BCUT2D eigenvalue weighted by molar-refractivity contribution is 6.30. The van der Waals surface area contributed by atoms with E-state index in [1.165, 1.54) is 47.4 Å². The molecular formula is C30H33ClF2N6O5. The number of halogens is 3. The van der Waals surface area contributed by atoms with E-state index in [9.17, 15) is 23.7 Å².